The first-order valence-electron chi connectivity index (χ1n) is 6.43. The smallest absolute Gasteiger partial charge is 0.255 e. The summed E-state index contributed by atoms with van der Waals surface area (Å²) in [7, 11) is 1.51. The van der Waals surface area contributed by atoms with Gasteiger partial charge in [0.1, 0.15) is 12.3 Å². The Morgan fingerprint density at radius 1 is 1.55 bits per heavy atom. The summed E-state index contributed by atoms with van der Waals surface area (Å²) in [5, 5.41) is 2.53. The molecule has 106 valence electrons. The second kappa shape index (κ2) is 5.73. The van der Waals surface area contributed by atoms with Crippen molar-refractivity contribution < 1.29 is 14.4 Å². The molecule has 0 saturated heterocycles. The quantitative estimate of drug-likeness (QED) is 0.598. The Hall–Kier alpha value is -2.37. The Morgan fingerprint density at radius 2 is 2.30 bits per heavy atom. The molecular weight excluding hydrogens is 258 g/mol. The van der Waals surface area contributed by atoms with Crippen molar-refractivity contribution >= 4 is 23.8 Å². The van der Waals surface area contributed by atoms with Crippen molar-refractivity contribution in [2.24, 2.45) is 0 Å². The zero-order chi connectivity index (χ0) is 14.7. The number of hydrogen-bond acceptors (Lipinski definition) is 4. The van der Waals surface area contributed by atoms with Crippen LogP contribution in [0.15, 0.2) is 18.2 Å². The molecule has 0 aliphatic carbocycles. The molecule has 1 atom stereocenters. The molecule has 20 heavy (non-hydrogen) atoms. The van der Waals surface area contributed by atoms with Gasteiger partial charge in [0.2, 0.25) is 5.91 Å². The number of likely N-dealkylation sites (N-methyl/N-ethyl adjacent to an activating group) is 1. The topological polar surface area (TPSA) is 92.5 Å². The van der Waals surface area contributed by atoms with Gasteiger partial charge in [-0.3, -0.25) is 9.59 Å². The number of rotatable bonds is 5. The van der Waals surface area contributed by atoms with Gasteiger partial charge in [-0.25, -0.2) is 0 Å². The normalized spacial score (nSPS) is 14.8. The molecule has 0 spiro atoms. The van der Waals surface area contributed by atoms with Crippen LogP contribution < -0.4 is 11.1 Å². The van der Waals surface area contributed by atoms with Gasteiger partial charge in [-0.15, -0.1) is 0 Å². The van der Waals surface area contributed by atoms with Gasteiger partial charge < -0.3 is 20.7 Å². The van der Waals surface area contributed by atoms with Crippen LogP contribution in [-0.4, -0.2) is 36.1 Å². The van der Waals surface area contributed by atoms with Crippen LogP contribution in [0.25, 0.3) is 0 Å². The molecule has 6 nitrogen and oxygen atoms in total. The standard InChI is InChI=1S/C14H17N3O3/c1-16-13(19)12(6-3-7-18)17-8-10-9(14(17)20)4-2-5-11(10)15/h2,4-5,7,12H,3,6,8,15H2,1H3,(H,16,19). The highest BCUT2D eigenvalue weighted by molar-refractivity contribution is 6.02. The molecular formula is C14H17N3O3. The first-order valence-corrected chi connectivity index (χ1v) is 6.43. The Morgan fingerprint density at radius 3 is 2.90 bits per heavy atom. The zero-order valence-electron chi connectivity index (χ0n) is 11.3. The fourth-order valence-corrected chi connectivity index (χ4v) is 2.45. The number of nitrogen functional groups attached to an aromatic ring is 1. The molecule has 1 heterocycles. The highest BCUT2D eigenvalue weighted by Crippen LogP contribution is 2.29. The van der Waals surface area contributed by atoms with Gasteiger partial charge in [0.15, 0.2) is 0 Å². The van der Waals surface area contributed by atoms with Crippen LogP contribution in [0.1, 0.15) is 28.8 Å². The first-order chi connectivity index (χ1) is 9.60. The Balaban J connectivity index is 2.29. The third kappa shape index (κ3) is 2.36. The molecule has 3 N–H and O–H groups in total. The number of benzene rings is 1. The second-order valence-corrected chi connectivity index (χ2v) is 4.68. The summed E-state index contributed by atoms with van der Waals surface area (Å²) >= 11 is 0. The lowest BCUT2D eigenvalue weighted by atomic mass is 10.1. The van der Waals surface area contributed by atoms with Crippen LogP contribution in [0.5, 0.6) is 0 Å². The molecule has 2 amide bonds. The van der Waals surface area contributed by atoms with Gasteiger partial charge in [0.05, 0.1) is 0 Å². The summed E-state index contributed by atoms with van der Waals surface area (Å²) in [6.07, 6.45) is 1.29. The van der Waals surface area contributed by atoms with E-state index in [0.29, 0.717) is 24.2 Å². The lowest BCUT2D eigenvalue weighted by Crippen LogP contribution is -2.46. The number of nitrogens with zero attached hydrogens (tertiary/aromatic N) is 1. The molecule has 1 aliphatic heterocycles. The number of nitrogens with two attached hydrogens (primary N) is 1. The van der Waals surface area contributed by atoms with Crippen LogP contribution in [-0.2, 0) is 16.1 Å². The van der Waals surface area contributed by atoms with Crippen LogP contribution in [0.2, 0.25) is 0 Å². The van der Waals surface area contributed by atoms with Crippen LogP contribution in [0.3, 0.4) is 0 Å². The minimum Gasteiger partial charge on any atom is -0.398 e. The SMILES string of the molecule is CNC(=O)C(CCC=O)N1Cc2c(N)cccc2C1=O. The molecule has 1 unspecified atom stereocenters. The molecule has 0 fully saturated rings. The van der Waals surface area contributed by atoms with Crippen LogP contribution in [0.4, 0.5) is 5.69 Å². The predicted molar refractivity (Wildman–Crippen MR) is 73.9 cm³/mol. The summed E-state index contributed by atoms with van der Waals surface area (Å²) in [6, 6.07) is 4.50. The first kappa shape index (κ1) is 14.0. The molecule has 0 bridgehead atoms. The van der Waals surface area contributed by atoms with Crippen molar-refractivity contribution in [2.75, 3.05) is 12.8 Å². The van der Waals surface area contributed by atoms with E-state index in [-0.39, 0.29) is 18.2 Å². The second-order valence-electron chi connectivity index (χ2n) is 4.68. The number of fused-ring (bicyclic) bond motifs is 1. The lowest BCUT2D eigenvalue weighted by molar-refractivity contribution is -0.125. The highest BCUT2D eigenvalue weighted by Gasteiger charge is 2.36. The average molecular weight is 275 g/mol. The third-order valence-corrected chi connectivity index (χ3v) is 3.52. The molecule has 1 aromatic carbocycles. The Bertz CT molecular complexity index is 557. The van der Waals surface area contributed by atoms with E-state index in [2.05, 4.69) is 5.32 Å². The van der Waals surface area contributed by atoms with Crippen LogP contribution in [0, 0.1) is 0 Å². The molecule has 0 aromatic heterocycles. The van der Waals surface area contributed by atoms with E-state index in [1.807, 2.05) is 0 Å². The molecule has 2 rings (SSSR count). The van der Waals surface area contributed by atoms with E-state index in [1.54, 1.807) is 18.2 Å². The van der Waals surface area contributed by atoms with Gasteiger partial charge in [-0.2, -0.15) is 0 Å². The van der Waals surface area contributed by atoms with Crippen molar-refractivity contribution in [1.82, 2.24) is 10.2 Å². The number of carbonyl (C=O) groups is 3. The number of aldehydes is 1. The highest BCUT2D eigenvalue weighted by atomic mass is 16.2. The maximum Gasteiger partial charge on any atom is 0.255 e. The third-order valence-electron chi connectivity index (χ3n) is 3.52. The Kier molecular flexibility index (Phi) is 4.02. The Labute approximate surface area is 116 Å². The summed E-state index contributed by atoms with van der Waals surface area (Å²) < 4.78 is 0. The van der Waals surface area contributed by atoms with E-state index in [0.717, 1.165) is 11.8 Å². The molecule has 0 radical (unpaired) electrons. The summed E-state index contributed by atoms with van der Waals surface area (Å²) in [4.78, 5) is 36.3. The molecule has 0 saturated carbocycles. The van der Waals surface area contributed by atoms with Gasteiger partial charge in [0.25, 0.3) is 5.91 Å². The minimum absolute atomic E-state index is 0.216. The predicted octanol–water partition coefficient (Wildman–Crippen LogP) is 0.318. The average Bonchev–Trinajstić information content (AvgIpc) is 2.78. The van der Waals surface area contributed by atoms with Gasteiger partial charge in [0, 0.05) is 36.8 Å². The van der Waals surface area contributed by atoms with Crippen molar-refractivity contribution in [2.45, 2.75) is 25.4 Å². The minimum atomic E-state index is -0.649. The molecule has 6 heteroatoms. The molecule has 1 aliphatic rings. The van der Waals surface area contributed by atoms with Crippen molar-refractivity contribution in [3.63, 3.8) is 0 Å². The van der Waals surface area contributed by atoms with E-state index in [9.17, 15) is 14.4 Å². The van der Waals surface area contributed by atoms with Crippen molar-refractivity contribution in [3.8, 4) is 0 Å². The number of amides is 2. The van der Waals surface area contributed by atoms with Gasteiger partial charge in [-0.1, -0.05) is 6.07 Å². The number of anilines is 1. The number of carbonyl (C=O) groups excluding carboxylic acids is 3. The van der Waals surface area contributed by atoms with E-state index >= 15 is 0 Å². The van der Waals surface area contributed by atoms with E-state index < -0.39 is 6.04 Å². The van der Waals surface area contributed by atoms with E-state index in [1.165, 1.54) is 11.9 Å². The monoisotopic (exact) mass is 275 g/mol. The summed E-state index contributed by atoms with van der Waals surface area (Å²) in [5.41, 5.74) is 7.70. The fourth-order valence-electron chi connectivity index (χ4n) is 2.45. The van der Waals surface area contributed by atoms with E-state index in [4.69, 9.17) is 5.73 Å². The largest absolute Gasteiger partial charge is 0.398 e. The fraction of sp³-hybridized carbons (Fsp3) is 0.357. The summed E-state index contributed by atoms with van der Waals surface area (Å²) in [6.45, 7) is 0.303. The zero-order valence-corrected chi connectivity index (χ0v) is 11.3. The van der Waals surface area contributed by atoms with Crippen molar-refractivity contribution in [3.05, 3.63) is 29.3 Å². The van der Waals surface area contributed by atoms with Crippen molar-refractivity contribution in [1.29, 1.82) is 0 Å². The van der Waals surface area contributed by atoms with Crippen LogP contribution >= 0.6 is 0 Å². The molecule has 1 aromatic rings. The number of nitrogens with one attached hydrogen (secondary N) is 1. The van der Waals surface area contributed by atoms with Gasteiger partial charge in [-0.05, 0) is 18.6 Å². The summed E-state index contributed by atoms with van der Waals surface area (Å²) in [5.74, 6) is -0.488. The number of hydrogen-bond donors (Lipinski definition) is 2. The lowest BCUT2D eigenvalue weighted by Gasteiger charge is -2.25. The maximum atomic E-state index is 12.4. The van der Waals surface area contributed by atoms with Gasteiger partial charge >= 0.3 is 0 Å². The maximum absolute atomic E-state index is 12.4.